The minimum absolute atomic E-state index is 0.188. The molecule has 1 saturated heterocycles. The number of hydrogen-bond donors (Lipinski definition) is 1. The molecule has 1 fully saturated rings. The predicted molar refractivity (Wildman–Crippen MR) is 102 cm³/mol. The maximum atomic E-state index is 12.7. The van der Waals surface area contributed by atoms with Crippen molar-refractivity contribution in [2.24, 2.45) is 0 Å². The van der Waals surface area contributed by atoms with Gasteiger partial charge in [-0.1, -0.05) is 5.16 Å². The van der Waals surface area contributed by atoms with E-state index < -0.39 is 10.0 Å². The van der Waals surface area contributed by atoms with Crippen LogP contribution in [0.15, 0.2) is 52.4 Å². The number of likely N-dealkylation sites (N-methyl/N-ethyl adjacent to an activating group) is 1. The summed E-state index contributed by atoms with van der Waals surface area (Å²) in [5, 5.41) is 3.99. The quantitative estimate of drug-likeness (QED) is 0.632. The third kappa shape index (κ3) is 4.11. The van der Waals surface area contributed by atoms with Gasteiger partial charge in [-0.25, -0.2) is 23.1 Å². The van der Waals surface area contributed by atoms with E-state index in [0.29, 0.717) is 36.0 Å². The van der Waals surface area contributed by atoms with Crippen LogP contribution in [0.5, 0.6) is 5.75 Å². The number of sulfonamides is 1. The number of likely N-dealkylation sites (tertiary alicyclic amines) is 1. The van der Waals surface area contributed by atoms with Crippen LogP contribution in [-0.2, 0) is 10.0 Å². The molecule has 0 bridgehead atoms. The first kappa shape index (κ1) is 19.4. The second kappa shape index (κ2) is 7.85. The molecular formula is C18H20N6O4S. The summed E-state index contributed by atoms with van der Waals surface area (Å²) in [6.07, 6.45) is 5.14. The average Bonchev–Trinajstić information content (AvgIpc) is 3.35. The first-order valence-corrected chi connectivity index (χ1v) is 10.4. The SMILES string of the molecule is COc1ccc(S(=O)(=O)N[C@H]2C[C@@H](c3nc(-c4cncnc4)no3)N(C)C2)cc1. The zero-order valence-electron chi connectivity index (χ0n) is 15.9. The lowest BCUT2D eigenvalue weighted by Gasteiger charge is -2.14. The average molecular weight is 416 g/mol. The molecule has 1 N–H and O–H groups in total. The number of aromatic nitrogens is 4. The maximum absolute atomic E-state index is 12.7. The van der Waals surface area contributed by atoms with Crippen LogP contribution in [-0.4, -0.2) is 60.2 Å². The Morgan fingerprint density at radius 1 is 1.21 bits per heavy atom. The van der Waals surface area contributed by atoms with E-state index in [1.807, 2.05) is 11.9 Å². The van der Waals surface area contributed by atoms with Crippen molar-refractivity contribution in [2.75, 3.05) is 20.7 Å². The molecule has 0 aliphatic carbocycles. The van der Waals surface area contributed by atoms with Gasteiger partial charge in [0.05, 0.1) is 23.6 Å². The topological polar surface area (TPSA) is 123 Å². The van der Waals surface area contributed by atoms with Gasteiger partial charge < -0.3 is 9.26 Å². The van der Waals surface area contributed by atoms with E-state index in [4.69, 9.17) is 9.26 Å². The summed E-state index contributed by atoms with van der Waals surface area (Å²) in [5.41, 5.74) is 0.653. The van der Waals surface area contributed by atoms with Gasteiger partial charge in [0.2, 0.25) is 21.7 Å². The fourth-order valence-corrected chi connectivity index (χ4v) is 4.56. The molecule has 0 saturated carbocycles. The maximum Gasteiger partial charge on any atom is 0.244 e. The first-order valence-electron chi connectivity index (χ1n) is 8.92. The fourth-order valence-electron chi connectivity index (χ4n) is 3.32. The largest absolute Gasteiger partial charge is 0.497 e. The van der Waals surface area contributed by atoms with Crippen molar-refractivity contribution in [3.63, 3.8) is 0 Å². The van der Waals surface area contributed by atoms with Crippen molar-refractivity contribution < 1.29 is 17.7 Å². The molecule has 152 valence electrons. The van der Waals surface area contributed by atoms with Gasteiger partial charge in [0.25, 0.3) is 0 Å². The van der Waals surface area contributed by atoms with Gasteiger partial charge in [-0.2, -0.15) is 4.98 Å². The van der Waals surface area contributed by atoms with Gasteiger partial charge in [0.15, 0.2) is 0 Å². The first-order chi connectivity index (χ1) is 14.0. The smallest absolute Gasteiger partial charge is 0.244 e. The lowest BCUT2D eigenvalue weighted by Crippen LogP contribution is -2.36. The second-order valence-corrected chi connectivity index (χ2v) is 8.48. The molecule has 4 rings (SSSR count). The molecule has 2 atom stereocenters. The molecule has 2 aromatic heterocycles. The standard InChI is InChI=1S/C18H20N6O4S/c1-24-10-13(23-29(25,26)15-5-3-14(27-2)4-6-15)7-16(24)18-21-17(22-28-18)12-8-19-11-20-9-12/h3-6,8-9,11,13,16,23H,7,10H2,1-2H3/t13-,16-/m0/s1. The Morgan fingerprint density at radius 2 is 1.93 bits per heavy atom. The summed E-state index contributed by atoms with van der Waals surface area (Å²) in [7, 11) is -0.228. The Morgan fingerprint density at radius 3 is 2.62 bits per heavy atom. The highest BCUT2D eigenvalue weighted by molar-refractivity contribution is 7.89. The van der Waals surface area contributed by atoms with Gasteiger partial charge >= 0.3 is 0 Å². The molecule has 0 amide bonds. The van der Waals surface area contributed by atoms with Crippen molar-refractivity contribution in [1.82, 2.24) is 29.7 Å². The molecule has 0 unspecified atom stereocenters. The Labute approximate surface area is 168 Å². The zero-order chi connectivity index (χ0) is 20.4. The van der Waals surface area contributed by atoms with Gasteiger partial charge in [-0.3, -0.25) is 4.90 Å². The minimum atomic E-state index is -3.65. The van der Waals surface area contributed by atoms with Crippen LogP contribution >= 0.6 is 0 Å². The summed E-state index contributed by atoms with van der Waals surface area (Å²) in [4.78, 5) is 14.5. The van der Waals surface area contributed by atoms with Gasteiger partial charge in [0.1, 0.15) is 12.1 Å². The normalized spacial score (nSPS) is 20.1. The van der Waals surface area contributed by atoms with Crippen molar-refractivity contribution in [2.45, 2.75) is 23.4 Å². The zero-order valence-corrected chi connectivity index (χ0v) is 16.7. The summed E-state index contributed by atoms with van der Waals surface area (Å²) < 4.78 is 38.6. The predicted octanol–water partition coefficient (Wildman–Crippen LogP) is 1.26. The van der Waals surface area contributed by atoms with Gasteiger partial charge in [0, 0.05) is 25.0 Å². The number of nitrogens with zero attached hydrogens (tertiary/aromatic N) is 5. The third-order valence-corrected chi connectivity index (χ3v) is 6.32. The second-order valence-electron chi connectivity index (χ2n) is 6.77. The molecule has 0 spiro atoms. The van der Waals surface area contributed by atoms with Crippen LogP contribution in [0, 0.1) is 0 Å². The van der Waals surface area contributed by atoms with Crippen molar-refractivity contribution in [3.8, 4) is 17.1 Å². The van der Waals surface area contributed by atoms with Gasteiger partial charge in [-0.05, 0) is 37.7 Å². The Bertz CT molecular complexity index is 1070. The summed E-state index contributed by atoms with van der Waals surface area (Å²) in [6, 6.07) is 5.79. The number of nitrogens with one attached hydrogen (secondary N) is 1. The molecule has 3 heterocycles. The summed E-state index contributed by atoms with van der Waals surface area (Å²) in [6.45, 7) is 0.520. The Kier molecular flexibility index (Phi) is 5.26. The number of ether oxygens (including phenoxy) is 1. The number of benzene rings is 1. The summed E-state index contributed by atoms with van der Waals surface area (Å²) >= 11 is 0. The lowest BCUT2D eigenvalue weighted by molar-refractivity contribution is 0.244. The van der Waals surface area contributed by atoms with Crippen LogP contribution in [0.4, 0.5) is 0 Å². The molecule has 0 radical (unpaired) electrons. The fraction of sp³-hybridized carbons (Fsp3) is 0.333. The number of hydrogen-bond acceptors (Lipinski definition) is 9. The van der Waals surface area contributed by atoms with E-state index in [0.717, 1.165) is 0 Å². The molecule has 1 aliphatic heterocycles. The molecule has 11 heteroatoms. The highest BCUT2D eigenvalue weighted by Gasteiger charge is 2.36. The van der Waals surface area contributed by atoms with E-state index in [-0.39, 0.29) is 17.0 Å². The van der Waals surface area contributed by atoms with E-state index in [2.05, 4.69) is 24.8 Å². The summed E-state index contributed by atoms with van der Waals surface area (Å²) in [5.74, 6) is 1.43. The third-order valence-electron chi connectivity index (χ3n) is 4.79. The van der Waals surface area contributed by atoms with Crippen molar-refractivity contribution >= 4 is 10.0 Å². The molecular weight excluding hydrogens is 396 g/mol. The van der Waals surface area contributed by atoms with E-state index in [1.165, 1.54) is 25.6 Å². The Balaban J connectivity index is 1.46. The van der Waals surface area contributed by atoms with Crippen LogP contribution in [0.25, 0.3) is 11.4 Å². The van der Waals surface area contributed by atoms with Crippen molar-refractivity contribution in [3.05, 3.63) is 48.9 Å². The minimum Gasteiger partial charge on any atom is -0.497 e. The van der Waals surface area contributed by atoms with E-state index in [1.54, 1.807) is 24.5 Å². The van der Waals surface area contributed by atoms with Crippen LogP contribution in [0.1, 0.15) is 18.4 Å². The molecule has 1 aliphatic rings. The molecule has 10 nitrogen and oxygen atoms in total. The molecule has 1 aromatic carbocycles. The Hall–Kier alpha value is -2.89. The van der Waals surface area contributed by atoms with E-state index >= 15 is 0 Å². The lowest BCUT2D eigenvalue weighted by atomic mass is 10.2. The van der Waals surface area contributed by atoms with E-state index in [9.17, 15) is 8.42 Å². The van der Waals surface area contributed by atoms with Crippen LogP contribution < -0.4 is 9.46 Å². The number of methoxy groups -OCH3 is 1. The molecule has 3 aromatic rings. The highest BCUT2D eigenvalue weighted by atomic mass is 32.2. The number of rotatable bonds is 6. The van der Waals surface area contributed by atoms with Gasteiger partial charge in [-0.15, -0.1) is 0 Å². The molecule has 29 heavy (non-hydrogen) atoms. The van der Waals surface area contributed by atoms with Crippen molar-refractivity contribution in [1.29, 1.82) is 0 Å². The monoisotopic (exact) mass is 416 g/mol. The highest BCUT2D eigenvalue weighted by Crippen LogP contribution is 2.31. The van der Waals surface area contributed by atoms with Crippen LogP contribution in [0.2, 0.25) is 0 Å². The van der Waals surface area contributed by atoms with Crippen LogP contribution in [0.3, 0.4) is 0 Å².